The number of carbonyl (C=O) groups is 3. The Hall–Kier alpha value is -4.55. The molecule has 13 nitrogen and oxygen atoms in total. The summed E-state index contributed by atoms with van der Waals surface area (Å²) in [5.41, 5.74) is 13.8. The number of amides is 1. The molecule has 0 radical (unpaired) electrons. The van der Waals surface area contributed by atoms with E-state index < -0.39 is 23.9 Å². The summed E-state index contributed by atoms with van der Waals surface area (Å²) < 4.78 is 4.80. The Morgan fingerprint density at radius 3 is 2.51 bits per heavy atom. The van der Waals surface area contributed by atoms with E-state index in [0.717, 1.165) is 5.69 Å². The highest BCUT2D eigenvalue weighted by atomic mass is 16.5. The molecule has 0 fully saturated rings. The maximum atomic E-state index is 12.5. The van der Waals surface area contributed by atoms with Gasteiger partial charge in [-0.2, -0.15) is 9.97 Å². The van der Waals surface area contributed by atoms with E-state index in [-0.39, 0.29) is 36.8 Å². The van der Waals surface area contributed by atoms with Crippen LogP contribution in [0.1, 0.15) is 35.8 Å². The van der Waals surface area contributed by atoms with Crippen molar-refractivity contribution >= 4 is 46.5 Å². The minimum Gasteiger partial charge on any atom is -0.480 e. The van der Waals surface area contributed by atoms with Crippen LogP contribution in [0.3, 0.4) is 0 Å². The van der Waals surface area contributed by atoms with E-state index in [9.17, 15) is 19.5 Å². The second-order valence-electron chi connectivity index (χ2n) is 7.61. The van der Waals surface area contributed by atoms with Crippen molar-refractivity contribution in [3.05, 3.63) is 41.7 Å². The normalized spacial score (nSPS) is 11.6. The number of nitrogen functional groups attached to an aromatic ring is 2. The molecule has 0 spiro atoms. The fourth-order valence-corrected chi connectivity index (χ4v) is 3.25. The predicted molar refractivity (Wildman–Crippen MR) is 127 cm³/mol. The number of esters is 1. The van der Waals surface area contributed by atoms with Gasteiger partial charge in [-0.3, -0.25) is 9.59 Å². The van der Waals surface area contributed by atoms with Crippen LogP contribution in [0.5, 0.6) is 0 Å². The van der Waals surface area contributed by atoms with Crippen LogP contribution in [0.15, 0.2) is 30.5 Å². The second-order valence-corrected chi connectivity index (χ2v) is 7.61. The molecule has 0 aliphatic heterocycles. The fraction of sp³-hybridized carbons (Fsp3) is 0.318. The zero-order chi connectivity index (χ0) is 25.5. The maximum absolute atomic E-state index is 12.5. The average Bonchev–Trinajstić information content (AvgIpc) is 2.82. The van der Waals surface area contributed by atoms with E-state index in [0.29, 0.717) is 23.4 Å². The molecule has 1 amide bonds. The van der Waals surface area contributed by atoms with Gasteiger partial charge in [-0.25, -0.2) is 14.8 Å². The molecular formula is C22H26N8O5. The lowest BCUT2D eigenvalue weighted by Gasteiger charge is -2.19. The molecule has 3 aromatic rings. The Morgan fingerprint density at radius 1 is 1.14 bits per heavy atom. The van der Waals surface area contributed by atoms with E-state index in [1.807, 2.05) is 11.9 Å². The number of carbonyl (C=O) groups excluding carboxylic acids is 2. The van der Waals surface area contributed by atoms with Crippen molar-refractivity contribution in [3.8, 4) is 0 Å². The number of nitrogens with one attached hydrogen (secondary N) is 1. The molecule has 35 heavy (non-hydrogen) atoms. The summed E-state index contributed by atoms with van der Waals surface area (Å²) in [6.07, 6.45) is 1.38. The Bertz CT molecular complexity index is 1230. The molecule has 13 heteroatoms. The summed E-state index contributed by atoms with van der Waals surface area (Å²) in [5.74, 6) is -2.15. The summed E-state index contributed by atoms with van der Waals surface area (Å²) in [7, 11) is 1.83. The number of aliphatic carboxylic acids is 1. The molecule has 0 saturated carbocycles. The molecule has 0 bridgehead atoms. The summed E-state index contributed by atoms with van der Waals surface area (Å²) in [5, 5.41) is 11.8. The fourth-order valence-electron chi connectivity index (χ4n) is 3.25. The minimum absolute atomic E-state index is 0.0203. The van der Waals surface area contributed by atoms with Crippen molar-refractivity contribution in [2.24, 2.45) is 0 Å². The molecule has 1 aromatic carbocycles. The molecule has 1 unspecified atom stereocenters. The molecular weight excluding hydrogens is 456 g/mol. The number of nitrogens with two attached hydrogens (primary N) is 2. The van der Waals surface area contributed by atoms with Gasteiger partial charge in [0.25, 0.3) is 5.91 Å². The number of carboxylic acids is 1. The molecule has 2 aromatic heterocycles. The van der Waals surface area contributed by atoms with Crippen molar-refractivity contribution < 1.29 is 24.2 Å². The number of rotatable bonds is 10. The first-order valence-corrected chi connectivity index (χ1v) is 10.7. The van der Waals surface area contributed by atoms with Crippen LogP contribution in [-0.4, -0.2) is 62.6 Å². The van der Waals surface area contributed by atoms with Crippen molar-refractivity contribution in [2.45, 2.75) is 32.4 Å². The standard InChI is InChI=1S/C22H26N8O5/c1-3-35-16(31)9-8-15(21(33)34)27-20(32)12-4-6-14(7-5-12)30(2)11-13-10-25-19-17(26-13)18(23)28-22(24)29-19/h4-7,10,15H,3,8-9,11H2,1-2H3,(H,27,32)(H,33,34)(H4,23,24,25,28,29). The average molecular weight is 483 g/mol. The van der Waals surface area contributed by atoms with Gasteiger partial charge >= 0.3 is 11.9 Å². The van der Waals surface area contributed by atoms with Crippen LogP contribution >= 0.6 is 0 Å². The summed E-state index contributed by atoms with van der Waals surface area (Å²) >= 11 is 0. The van der Waals surface area contributed by atoms with Gasteiger partial charge < -0.3 is 31.5 Å². The van der Waals surface area contributed by atoms with Crippen molar-refractivity contribution in [1.29, 1.82) is 0 Å². The summed E-state index contributed by atoms with van der Waals surface area (Å²) in [4.78, 5) is 54.0. The van der Waals surface area contributed by atoms with Gasteiger partial charge in [0.1, 0.15) is 6.04 Å². The van der Waals surface area contributed by atoms with E-state index in [1.165, 1.54) is 0 Å². The lowest BCUT2D eigenvalue weighted by atomic mass is 10.1. The van der Waals surface area contributed by atoms with E-state index >= 15 is 0 Å². The van der Waals surface area contributed by atoms with E-state index in [4.69, 9.17) is 16.2 Å². The highest BCUT2D eigenvalue weighted by Crippen LogP contribution is 2.19. The first-order chi connectivity index (χ1) is 16.7. The molecule has 3 rings (SSSR count). The Morgan fingerprint density at radius 2 is 1.86 bits per heavy atom. The topological polar surface area (TPSA) is 200 Å². The molecule has 184 valence electrons. The lowest BCUT2D eigenvalue weighted by Crippen LogP contribution is -2.41. The first kappa shape index (κ1) is 25.1. The van der Waals surface area contributed by atoms with Crippen molar-refractivity contribution in [1.82, 2.24) is 25.3 Å². The van der Waals surface area contributed by atoms with E-state index in [2.05, 4.69) is 25.3 Å². The van der Waals surface area contributed by atoms with Crippen LogP contribution in [0, 0.1) is 0 Å². The third-order valence-corrected chi connectivity index (χ3v) is 5.02. The van der Waals surface area contributed by atoms with Gasteiger partial charge in [-0.15, -0.1) is 0 Å². The summed E-state index contributed by atoms with van der Waals surface area (Å²) in [6, 6.07) is 5.37. The van der Waals surface area contributed by atoms with Crippen LogP contribution in [0.2, 0.25) is 0 Å². The molecule has 0 saturated heterocycles. The largest absolute Gasteiger partial charge is 0.480 e. The van der Waals surface area contributed by atoms with Crippen LogP contribution in [-0.2, 0) is 20.9 Å². The number of ether oxygens (including phenoxy) is 1. The highest BCUT2D eigenvalue weighted by Gasteiger charge is 2.22. The second kappa shape index (κ2) is 11.0. The molecule has 1 atom stereocenters. The van der Waals surface area contributed by atoms with Crippen LogP contribution < -0.4 is 21.7 Å². The van der Waals surface area contributed by atoms with Crippen molar-refractivity contribution in [2.75, 3.05) is 30.0 Å². The van der Waals surface area contributed by atoms with Crippen molar-refractivity contribution in [3.63, 3.8) is 0 Å². The molecule has 6 N–H and O–H groups in total. The number of hydrogen-bond acceptors (Lipinski definition) is 11. The smallest absolute Gasteiger partial charge is 0.326 e. The van der Waals surface area contributed by atoms with Gasteiger partial charge in [0.15, 0.2) is 17.0 Å². The van der Waals surface area contributed by atoms with Gasteiger partial charge in [-0.1, -0.05) is 0 Å². The quantitative estimate of drug-likeness (QED) is 0.296. The minimum atomic E-state index is -1.23. The molecule has 0 aliphatic rings. The molecule has 2 heterocycles. The van der Waals surface area contributed by atoms with Gasteiger partial charge in [0.2, 0.25) is 5.95 Å². The van der Waals surface area contributed by atoms with Gasteiger partial charge in [0, 0.05) is 24.7 Å². The van der Waals surface area contributed by atoms with E-state index in [1.54, 1.807) is 37.4 Å². The Kier molecular flexibility index (Phi) is 7.92. The maximum Gasteiger partial charge on any atom is 0.326 e. The number of anilines is 3. The molecule has 0 aliphatic carbocycles. The van der Waals surface area contributed by atoms with Crippen LogP contribution in [0.25, 0.3) is 11.2 Å². The highest BCUT2D eigenvalue weighted by molar-refractivity contribution is 5.97. The SMILES string of the molecule is CCOC(=O)CCC(NC(=O)c1ccc(N(C)Cc2cnc3nc(N)nc(N)c3n2)cc1)C(=O)O. The Balaban J connectivity index is 1.64. The first-order valence-electron chi connectivity index (χ1n) is 10.7. The third-order valence-electron chi connectivity index (χ3n) is 5.02. The number of hydrogen-bond donors (Lipinski definition) is 4. The summed E-state index contributed by atoms with van der Waals surface area (Å²) in [6.45, 7) is 2.24. The Labute approximate surface area is 200 Å². The zero-order valence-electron chi connectivity index (χ0n) is 19.3. The van der Waals surface area contributed by atoms with Gasteiger partial charge in [-0.05, 0) is 37.6 Å². The lowest BCUT2D eigenvalue weighted by molar-refractivity contribution is -0.144. The zero-order valence-corrected chi connectivity index (χ0v) is 19.3. The monoisotopic (exact) mass is 482 g/mol. The van der Waals surface area contributed by atoms with Crippen LogP contribution in [0.4, 0.5) is 17.5 Å². The number of benzene rings is 1. The van der Waals surface area contributed by atoms with Gasteiger partial charge in [0.05, 0.1) is 25.0 Å². The third kappa shape index (κ3) is 6.50. The number of aromatic nitrogens is 4. The predicted octanol–water partition coefficient (Wildman–Crippen LogP) is 0.747. The number of fused-ring (bicyclic) bond motifs is 1. The number of carboxylic acid groups (broad SMARTS) is 1. The number of nitrogens with zero attached hydrogens (tertiary/aromatic N) is 5.